The average molecular weight is 395 g/mol. The van der Waals surface area contributed by atoms with Gasteiger partial charge < -0.3 is 5.32 Å². The molecule has 1 aromatic heterocycles. The van der Waals surface area contributed by atoms with Crippen LogP contribution in [-0.4, -0.2) is 15.5 Å². The molecule has 5 nitrogen and oxygen atoms in total. The van der Waals surface area contributed by atoms with Crippen LogP contribution in [-0.2, 0) is 6.42 Å². The largest absolute Gasteiger partial charge is 0.345 e. The number of nitrogens with zero attached hydrogens (tertiary/aromatic N) is 2. The Hall–Kier alpha value is -3.73. The molecule has 1 amide bonds. The number of benzene rings is 3. The van der Waals surface area contributed by atoms with E-state index >= 15 is 0 Å². The van der Waals surface area contributed by atoms with Gasteiger partial charge in [-0.1, -0.05) is 36.4 Å². The summed E-state index contributed by atoms with van der Waals surface area (Å²) in [5.74, 6) is 0.502. The van der Waals surface area contributed by atoms with Gasteiger partial charge in [0.15, 0.2) is 0 Å². The molecule has 1 aliphatic carbocycles. The van der Waals surface area contributed by atoms with E-state index in [1.165, 1.54) is 11.1 Å². The zero-order chi connectivity index (χ0) is 20.7. The molecule has 5 heteroatoms. The quantitative estimate of drug-likeness (QED) is 0.568. The van der Waals surface area contributed by atoms with Gasteiger partial charge in [-0.3, -0.25) is 14.2 Å². The van der Waals surface area contributed by atoms with E-state index in [2.05, 4.69) is 22.4 Å². The van der Waals surface area contributed by atoms with Crippen molar-refractivity contribution in [1.29, 1.82) is 0 Å². The Labute approximate surface area is 174 Å². The first-order chi connectivity index (χ1) is 14.6. The molecule has 30 heavy (non-hydrogen) atoms. The third-order valence-corrected chi connectivity index (χ3v) is 5.77. The van der Waals surface area contributed by atoms with E-state index in [0.29, 0.717) is 28.0 Å². The molecule has 148 valence electrons. The second-order valence-corrected chi connectivity index (χ2v) is 7.63. The Morgan fingerprint density at radius 1 is 1.00 bits per heavy atom. The highest BCUT2D eigenvalue weighted by atomic mass is 16.1. The Bertz CT molecular complexity index is 1320. The van der Waals surface area contributed by atoms with Crippen molar-refractivity contribution in [3.05, 3.63) is 106 Å². The van der Waals surface area contributed by atoms with Gasteiger partial charge >= 0.3 is 0 Å². The molecule has 3 aromatic carbocycles. The first-order valence-corrected chi connectivity index (χ1v) is 10.1. The van der Waals surface area contributed by atoms with Crippen molar-refractivity contribution in [2.45, 2.75) is 25.8 Å². The third kappa shape index (κ3) is 3.08. The van der Waals surface area contributed by atoms with Crippen molar-refractivity contribution < 1.29 is 4.79 Å². The molecule has 1 unspecified atom stereocenters. The van der Waals surface area contributed by atoms with Crippen molar-refractivity contribution >= 4 is 16.8 Å². The van der Waals surface area contributed by atoms with Crippen LogP contribution in [0.25, 0.3) is 16.6 Å². The fraction of sp³-hybridized carbons (Fsp3) is 0.160. The monoisotopic (exact) mass is 395 g/mol. The summed E-state index contributed by atoms with van der Waals surface area (Å²) in [5, 5.41) is 3.71. The third-order valence-electron chi connectivity index (χ3n) is 5.77. The number of aryl methyl sites for hydroxylation is 2. The smallest absolute Gasteiger partial charge is 0.265 e. The maximum absolute atomic E-state index is 13.0. The van der Waals surface area contributed by atoms with Gasteiger partial charge in [-0.2, -0.15) is 0 Å². The minimum Gasteiger partial charge on any atom is -0.345 e. The molecular formula is C25H21N3O2. The first-order valence-electron chi connectivity index (χ1n) is 10.1. The number of hydrogen-bond donors (Lipinski definition) is 1. The van der Waals surface area contributed by atoms with Gasteiger partial charge in [-0.25, -0.2) is 4.98 Å². The number of rotatable bonds is 3. The molecule has 4 aromatic rings. The topological polar surface area (TPSA) is 64.0 Å². The normalized spacial score (nSPS) is 15.2. The number of hydrogen-bond acceptors (Lipinski definition) is 3. The molecule has 0 radical (unpaired) electrons. The number of para-hydroxylation sites is 1. The predicted molar refractivity (Wildman–Crippen MR) is 117 cm³/mol. The van der Waals surface area contributed by atoms with E-state index in [0.717, 1.165) is 12.8 Å². The van der Waals surface area contributed by atoms with E-state index in [9.17, 15) is 9.59 Å². The van der Waals surface area contributed by atoms with Crippen LogP contribution in [0, 0.1) is 6.92 Å². The second kappa shape index (κ2) is 7.26. The molecule has 1 atom stereocenters. The number of aromatic nitrogens is 2. The zero-order valence-corrected chi connectivity index (χ0v) is 16.6. The van der Waals surface area contributed by atoms with E-state index in [1.54, 1.807) is 34.9 Å². The first kappa shape index (κ1) is 18.3. The van der Waals surface area contributed by atoms with Crippen LogP contribution >= 0.6 is 0 Å². The Morgan fingerprint density at radius 2 is 1.73 bits per heavy atom. The van der Waals surface area contributed by atoms with Crippen molar-refractivity contribution in [3.8, 4) is 5.69 Å². The highest BCUT2D eigenvalue weighted by Gasteiger charge is 2.23. The molecular weight excluding hydrogens is 374 g/mol. The van der Waals surface area contributed by atoms with Gasteiger partial charge in [-0.05, 0) is 67.3 Å². The molecule has 1 N–H and O–H groups in total. The maximum Gasteiger partial charge on any atom is 0.265 e. The molecule has 0 spiro atoms. The Morgan fingerprint density at radius 3 is 2.57 bits per heavy atom. The van der Waals surface area contributed by atoms with Crippen LogP contribution in [0.3, 0.4) is 0 Å². The molecule has 0 fully saturated rings. The summed E-state index contributed by atoms with van der Waals surface area (Å²) in [7, 11) is 0. The summed E-state index contributed by atoms with van der Waals surface area (Å²) in [4.78, 5) is 30.3. The maximum atomic E-state index is 13.0. The highest BCUT2D eigenvalue weighted by Crippen LogP contribution is 2.30. The molecule has 0 saturated heterocycles. The standard InChI is InChI=1S/C25H21N3O2/c1-16-26-22-9-5-4-8-21(22)25(30)28(16)19-13-10-18(11-14-19)24(29)27-23-15-12-17-6-2-3-7-20(17)23/h2-11,13-14,23H,12,15H2,1H3,(H,27,29). The van der Waals surface area contributed by atoms with Gasteiger partial charge in [0, 0.05) is 5.56 Å². The molecule has 5 rings (SSSR count). The summed E-state index contributed by atoms with van der Waals surface area (Å²) in [6, 6.07) is 22.7. The Kier molecular flexibility index (Phi) is 4.43. The molecule has 0 saturated carbocycles. The number of carbonyl (C=O) groups is 1. The van der Waals surface area contributed by atoms with E-state index in [4.69, 9.17) is 0 Å². The van der Waals surface area contributed by atoms with E-state index < -0.39 is 0 Å². The SMILES string of the molecule is Cc1nc2ccccc2c(=O)n1-c1ccc(C(=O)NC2CCc3ccccc32)cc1. The lowest BCUT2D eigenvalue weighted by Gasteiger charge is -2.15. The van der Waals surface area contributed by atoms with Crippen molar-refractivity contribution in [1.82, 2.24) is 14.9 Å². The average Bonchev–Trinajstić information content (AvgIpc) is 3.17. The van der Waals surface area contributed by atoms with Crippen LogP contribution in [0.15, 0.2) is 77.6 Å². The number of carbonyl (C=O) groups excluding carboxylic acids is 1. The van der Waals surface area contributed by atoms with Crippen LogP contribution in [0.4, 0.5) is 0 Å². The summed E-state index contributed by atoms with van der Waals surface area (Å²) >= 11 is 0. The minimum atomic E-state index is -0.113. The van der Waals surface area contributed by atoms with E-state index in [1.807, 2.05) is 37.3 Å². The molecule has 1 aliphatic rings. The highest BCUT2D eigenvalue weighted by molar-refractivity contribution is 5.94. The molecule has 0 aliphatic heterocycles. The minimum absolute atomic E-state index is 0.0444. The lowest BCUT2D eigenvalue weighted by Crippen LogP contribution is -2.27. The molecule has 0 bridgehead atoms. The van der Waals surface area contributed by atoms with Crippen molar-refractivity contribution in [2.75, 3.05) is 0 Å². The van der Waals surface area contributed by atoms with Gasteiger partial charge in [0.05, 0.1) is 22.6 Å². The molecule has 1 heterocycles. The second-order valence-electron chi connectivity index (χ2n) is 7.63. The van der Waals surface area contributed by atoms with Gasteiger partial charge in [0.25, 0.3) is 11.5 Å². The Balaban J connectivity index is 1.42. The summed E-state index contributed by atoms with van der Waals surface area (Å²) in [6.07, 6.45) is 1.90. The zero-order valence-electron chi connectivity index (χ0n) is 16.6. The van der Waals surface area contributed by atoms with Crippen LogP contribution in [0.1, 0.15) is 39.8 Å². The fourth-order valence-electron chi connectivity index (χ4n) is 4.26. The number of fused-ring (bicyclic) bond motifs is 2. The van der Waals surface area contributed by atoms with Crippen molar-refractivity contribution in [2.24, 2.45) is 0 Å². The van der Waals surface area contributed by atoms with Crippen LogP contribution in [0.5, 0.6) is 0 Å². The lowest BCUT2D eigenvalue weighted by molar-refractivity contribution is 0.0936. The fourth-order valence-corrected chi connectivity index (χ4v) is 4.26. The summed E-state index contributed by atoms with van der Waals surface area (Å²) in [6.45, 7) is 1.81. The van der Waals surface area contributed by atoms with Gasteiger partial charge in [0.2, 0.25) is 0 Å². The van der Waals surface area contributed by atoms with Gasteiger partial charge in [0.1, 0.15) is 5.82 Å². The summed E-state index contributed by atoms with van der Waals surface area (Å²) in [5.41, 5.74) is 4.34. The van der Waals surface area contributed by atoms with E-state index in [-0.39, 0.29) is 17.5 Å². The predicted octanol–water partition coefficient (Wildman–Crippen LogP) is 4.11. The summed E-state index contributed by atoms with van der Waals surface area (Å²) < 4.78 is 1.58. The lowest BCUT2D eigenvalue weighted by atomic mass is 10.1. The van der Waals surface area contributed by atoms with Gasteiger partial charge in [-0.15, -0.1) is 0 Å². The number of nitrogens with one attached hydrogen (secondary N) is 1. The van der Waals surface area contributed by atoms with Crippen LogP contribution < -0.4 is 10.9 Å². The van der Waals surface area contributed by atoms with Crippen LogP contribution in [0.2, 0.25) is 0 Å². The number of amides is 1. The van der Waals surface area contributed by atoms with Crippen molar-refractivity contribution in [3.63, 3.8) is 0 Å².